The Morgan fingerprint density at radius 2 is 1.76 bits per heavy atom. The summed E-state index contributed by atoms with van der Waals surface area (Å²) in [5.74, 6) is 0.947. The van der Waals surface area contributed by atoms with Crippen molar-refractivity contribution < 1.29 is 4.74 Å². The van der Waals surface area contributed by atoms with Gasteiger partial charge >= 0.3 is 0 Å². The van der Waals surface area contributed by atoms with Gasteiger partial charge in [-0.2, -0.15) is 0 Å². The van der Waals surface area contributed by atoms with E-state index in [0.29, 0.717) is 0 Å². The maximum atomic E-state index is 5.72. The highest BCUT2D eigenvalue weighted by Gasteiger charge is 2.00. The summed E-state index contributed by atoms with van der Waals surface area (Å²) in [6.45, 7) is 8.09. The van der Waals surface area contributed by atoms with Crippen LogP contribution < -0.4 is 10.1 Å². The summed E-state index contributed by atoms with van der Waals surface area (Å²) in [5, 5.41) is 3.49. The van der Waals surface area contributed by atoms with E-state index in [1.807, 2.05) is 19.9 Å². The minimum Gasteiger partial charge on any atom is -0.491 e. The van der Waals surface area contributed by atoms with Crippen molar-refractivity contribution in [1.82, 2.24) is 5.32 Å². The average Bonchev–Trinajstić information content (AvgIpc) is 2.43. The van der Waals surface area contributed by atoms with Gasteiger partial charge < -0.3 is 10.1 Å². The normalized spacial score (nSPS) is 10.9. The molecule has 0 atom stereocenters. The number of hydrogen-bond acceptors (Lipinski definition) is 2. The molecule has 0 unspecified atom stereocenters. The van der Waals surface area contributed by atoms with Gasteiger partial charge in [-0.1, -0.05) is 42.0 Å². The second kappa shape index (κ2) is 7.84. The zero-order valence-electron chi connectivity index (χ0n) is 13.2. The first kappa shape index (κ1) is 15.6. The minimum atomic E-state index is 0.217. The molecular weight excluding hydrogens is 258 g/mol. The molecule has 0 fully saturated rings. The van der Waals surface area contributed by atoms with Gasteiger partial charge in [0.25, 0.3) is 0 Å². The van der Waals surface area contributed by atoms with E-state index in [-0.39, 0.29) is 6.10 Å². The first-order valence-corrected chi connectivity index (χ1v) is 7.65. The molecule has 0 bridgehead atoms. The SMILES string of the molecule is Cc1cccc(CCNCc2cccc(OC(C)C)c2)c1. The van der Waals surface area contributed by atoms with E-state index in [1.165, 1.54) is 16.7 Å². The zero-order chi connectivity index (χ0) is 15.1. The highest BCUT2D eigenvalue weighted by Crippen LogP contribution is 2.14. The van der Waals surface area contributed by atoms with Gasteiger partial charge in [0.1, 0.15) is 5.75 Å². The molecule has 112 valence electrons. The Labute approximate surface area is 128 Å². The lowest BCUT2D eigenvalue weighted by atomic mass is 10.1. The van der Waals surface area contributed by atoms with E-state index < -0.39 is 0 Å². The van der Waals surface area contributed by atoms with E-state index >= 15 is 0 Å². The summed E-state index contributed by atoms with van der Waals surface area (Å²) in [7, 11) is 0. The largest absolute Gasteiger partial charge is 0.491 e. The number of benzene rings is 2. The Morgan fingerprint density at radius 3 is 2.52 bits per heavy atom. The molecule has 2 nitrogen and oxygen atoms in total. The van der Waals surface area contributed by atoms with Crippen LogP contribution in [0, 0.1) is 6.92 Å². The number of rotatable bonds is 7. The van der Waals surface area contributed by atoms with Crippen molar-refractivity contribution in [1.29, 1.82) is 0 Å². The van der Waals surface area contributed by atoms with Gasteiger partial charge in [0.15, 0.2) is 0 Å². The van der Waals surface area contributed by atoms with Crippen molar-refractivity contribution in [3.05, 3.63) is 65.2 Å². The van der Waals surface area contributed by atoms with Gasteiger partial charge in [-0.25, -0.2) is 0 Å². The van der Waals surface area contributed by atoms with Gasteiger partial charge in [-0.05, 0) is 57.0 Å². The summed E-state index contributed by atoms with van der Waals surface area (Å²) in [6.07, 6.45) is 1.28. The van der Waals surface area contributed by atoms with Gasteiger partial charge in [0.05, 0.1) is 6.10 Å². The standard InChI is InChI=1S/C19H25NO/c1-15(2)21-19-9-5-8-18(13-19)14-20-11-10-17-7-4-6-16(3)12-17/h4-9,12-13,15,20H,10-11,14H2,1-3H3. The molecule has 0 spiro atoms. The van der Waals surface area contributed by atoms with Crippen molar-refractivity contribution in [3.8, 4) is 5.75 Å². The van der Waals surface area contributed by atoms with Crippen LogP contribution in [0.5, 0.6) is 5.75 Å². The highest BCUT2D eigenvalue weighted by molar-refractivity contribution is 5.28. The van der Waals surface area contributed by atoms with Crippen molar-refractivity contribution in [2.24, 2.45) is 0 Å². The molecule has 0 radical (unpaired) electrons. The molecule has 0 aliphatic rings. The lowest BCUT2D eigenvalue weighted by Crippen LogP contribution is -2.16. The summed E-state index contributed by atoms with van der Waals surface area (Å²) in [5.41, 5.74) is 3.97. The second-order valence-corrected chi connectivity index (χ2v) is 5.73. The molecule has 2 aromatic rings. The van der Waals surface area contributed by atoms with Crippen molar-refractivity contribution in [2.75, 3.05) is 6.54 Å². The Bertz CT molecular complexity index is 563. The van der Waals surface area contributed by atoms with E-state index in [4.69, 9.17) is 4.74 Å². The molecule has 2 heteroatoms. The van der Waals surface area contributed by atoms with Gasteiger partial charge in [0, 0.05) is 6.54 Å². The smallest absolute Gasteiger partial charge is 0.120 e. The van der Waals surface area contributed by atoms with E-state index in [2.05, 4.69) is 54.7 Å². The number of ether oxygens (including phenoxy) is 1. The minimum absolute atomic E-state index is 0.217. The Morgan fingerprint density at radius 1 is 1.00 bits per heavy atom. The zero-order valence-corrected chi connectivity index (χ0v) is 13.2. The van der Waals surface area contributed by atoms with Gasteiger partial charge in [-0.15, -0.1) is 0 Å². The molecule has 0 amide bonds. The van der Waals surface area contributed by atoms with Crippen LogP contribution in [-0.4, -0.2) is 12.6 Å². The van der Waals surface area contributed by atoms with Crippen LogP contribution in [0.25, 0.3) is 0 Å². The van der Waals surface area contributed by atoms with Gasteiger partial charge in [-0.3, -0.25) is 0 Å². The first-order valence-electron chi connectivity index (χ1n) is 7.65. The summed E-state index contributed by atoms with van der Waals surface area (Å²) in [6, 6.07) is 17.0. The molecule has 0 heterocycles. The van der Waals surface area contributed by atoms with Crippen LogP contribution >= 0.6 is 0 Å². The lowest BCUT2D eigenvalue weighted by molar-refractivity contribution is 0.242. The van der Waals surface area contributed by atoms with E-state index in [9.17, 15) is 0 Å². The predicted octanol–water partition coefficient (Wildman–Crippen LogP) is 4.11. The van der Waals surface area contributed by atoms with Crippen molar-refractivity contribution in [2.45, 2.75) is 39.8 Å². The molecule has 21 heavy (non-hydrogen) atoms. The second-order valence-electron chi connectivity index (χ2n) is 5.73. The average molecular weight is 283 g/mol. The maximum Gasteiger partial charge on any atom is 0.120 e. The molecule has 0 aliphatic heterocycles. The molecule has 2 rings (SSSR count). The fourth-order valence-electron chi connectivity index (χ4n) is 2.33. The predicted molar refractivity (Wildman–Crippen MR) is 88.8 cm³/mol. The van der Waals surface area contributed by atoms with Crippen LogP contribution in [0.4, 0.5) is 0 Å². The third kappa shape index (κ3) is 5.60. The summed E-state index contributed by atoms with van der Waals surface area (Å²) < 4.78 is 5.72. The van der Waals surface area contributed by atoms with Crippen molar-refractivity contribution in [3.63, 3.8) is 0 Å². The van der Waals surface area contributed by atoms with E-state index in [0.717, 1.165) is 25.3 Å². The van der Waals surface area contributed by atoms with Crippen LogP contribution in [0.15, 0.2) is 48.5 Å². The summed E-state index contributed by atoms with van der Waals surface area (Å²) >= 11 is 0. The Hall–Kier alpha value is -1.80. The third-order valence-corrected chi connectivity index (χ3v) is 3.27. The molecule has 0 aromatic heterocycles. The molecule has 0 aliphatic carbocycles. The molecular formula is C19H25NO. The molecule has 2 aromatic carbocycles. The lowest BCUT2D eigenvalue weighted by Gasteiger charge is -2.11. The van der Waals surface area contributed by atoms with Crippen LogP contribution in [-0.2, 0) is 13.0 Å². The number of nitrogens with one attached hydrogen (secondary N) is 1. The fraction of sp³-hybridized carbons (Fsp3) is 0.368. The van der Waals surface area contributed by atoms with E-state index in [1.54, 1.807) is 0 Å². The maximum absolute atomic E-state index is 5.72. The topological polar surface area (TPSA) is 21.3 Å². The van der Waals surface area contributed by atoms with Gasteiger partial charge in [0.2, 0.25) is 0 Å². The number of hydrogen-bond donors (Lipinski definition) is 1. The first-order chi connectivity index (χ1) is 10.1. The quantitative estimate of drug-likeness (QED) is 0.772. The van der Waals surface area contributed by atoms with Crippen molar-refractivity contribution >= 4 is 0 Å². The molecule has 0 saturated heterocycles. The highest BCUT2D eigenvalue weighted by atomic mass is 16.5. The third-order valence-electron chi connectivity index (χ3n) is 3.27. The monoisotopic (exact) mass is 283 g/mol. The summed E-state index contributed by atoms with van der Waals surface area (Å²) in [4.78, 5) is 0. The Balaban J connectivity index is 1.78. The van der Waals surface area contributed by atoms with Crippen LogP contribution in [0.3, 0.4) is 0 Å². The van der Waals surface area contributed by atoms with Crippen LogP contribution in [0.1, 0.15) is 30.5 Å². The molecule has 1 N–H and O–H groups in total. The number of aryl methyl sites for hydroxylation is 1. The molecule has 0 saturated carbocycles. The Kier molecular flexibility index (Phi) is 5.82. The van der Waals surface area contributed by atoms with Crippen LogP contribution in [0.2, 0.25) is 0 Å². The fourth-order valence-corrected chi connectivity index (χ4v) is 2.33.